The van der Waals surface area contributed by atoms with Crippen LogP contribution in [0, 0.1) is 11.8 Å². The van der Waals surface area contributed by atoms with Crippen molar-refractivity contribution in [3.05, 3.63) is 16.3 Å². The number of aryl methyl sites for hydroxylation is 2. The summed E-state index contributed by atoms with van der Waals surface area (Å²) in [4.78, 5) is 27.5. The lowest BCUT2D eigenvalue weighted by molar-refractivity contribution is -0.148. The molecule has 2 aromatic rings. The number of hydrogen-bond donors (Lipinski definition) is 0. The minimum absolute atomic E-state index is 0.0560. The molecule has 4 rings (SSSR count). The lowest BCUT2D eigenvalue weighted by Gasteiger charge is -2.33. The molecule has 5 nitrogen and oxygen atoms in total. The monoisotopic (exact) mass is 415 g/mol. The maximum Gasteiger partial charge on any atom is 0.310 e. The van der Waals surface area contributed by atoms with E-state index in [2.05, 4.69) is 18.7 Å². The normalized spacial score (nSPS) is 20.0. The van der Waals surface area contributed by atoms with Crippen molar-refractivity contribution in [1.29, 1.82) is 0 Å². The van der Waals surface area contributed by atoms with Gasteiger partial charge < -0.3 is 9.64 Å². The summed E-state index contributed by atoms with van der Waals surface area (Å²) in [6.45, 7) is 8.42. The summed E-state index contributed by atoms with van der Waals surface area (Å²) in [5.41, 5.74) is 1.48. The number of aromatic nitrogens is 2. The molecule has 1 aliphatic heterocycles. The first-order valence-electron chi connectivity index (χ1n) is 11.3. The standard InChI is InChI=1S/C23H33N3O2S/c1-4-28-23(27)16-9-8-12-26(14-16)21-20-17-10-6-5-7-11-18(17)29-22(20)25-19(24-21)13-15(2)3/h15-16H,4-14H2,1-3H3. The third kappa shape index (κ3) is 4.42. The van der Waals surface area contributed by atoms with E-state index in [1.54, 1.807) is 0 Å². The number of anilines is 1. The maximum atomic E-state index is 12.4. The van der Waals surface area contributed by atoms with Crippen molar-refractivity contribution < 1.29 is 9.53 Å². The predicted molar refractivity (Wildman–Crippen MR) is 119 cm³/mol. The van der Waals surface area contributed by atoms with E-state index >= 15 is 0 Å². The van der Waals surface area contributed by atoms with E-state index in [4.69, 9.17) is 14.7 Å². The SMILES string of the molecule is CCOC(=O)C1CCCN(c2nc(CC(C)C)nc3sc4c(c23)CCCCC4)C1. The van der Waals surface area contributed by atoms with Crippen LogP contribution in [0.1, 0.15) is 69.1 Å². The lowest BCUT2D eigenvalue weighted by atomic mass is 9.97. The molecule has 29 heavy (non-hydrogen) atoms. The Hall–Kier alpha value is -1.69. The van der Waals surface area contributed by atoms with Crippen LogP contribution in [0.3, 0.4) is 0 Å². The van der Waals surface area contributed by atoms with Gasteiger partial charge in [0.25, 0.3) is 0 Å². The highest BCUT2D eigenvalue weighted by Gasteiger charge is 2.30. The summed E-state index contributed by atoms with van der Waals surface area (Å²) >= 11 is 1.88. The van der Waals surface area contributed by atoms with Crippen molar-refractivity contribution in [2.45, 2.75) is 72.1 Å². The molecule has 2 aromatic heterocycles. The van der Waals surface area contributed by atoms with Crippen molar-refractivity contribution in [3.8, 4) is 0 Å². The van der Waals surface area contributed by atoms with Crippen LogP contribution in [0.15, 0.2) is 0 Å². The first kappa shape index (κ1) is 20.6. The zero-order valence-corrected chi connectivity index (χ0v) is 18.8. The average molecular weight is 416 g/mol. The molecule has 0 amide bonds. The van der Waals surface area contributed by atoms with Crippen LogP contribution in [0.5, 0.6) is 0 Å². The maximum absolute atomic E-state index is 12.4. The number of ether oxygens (including phenoxy) is 1. The molecule has 0 bridgehead atoms. The van der Waals surface area contributed by atoms with Crippen LogP contribution in [-0.2, 0) is 28.8 Å². The minimum Gasteiger partial charge on any atom is -0.466 e. The Balaban J connectivity index is 1.76. The van der Waals surface area contributed by atoms with Gasteiger partial charge in [0.1, 0.15) is 16.5 Å². The van der Waals surface area contributed by atoms with E-state index < -0.39 is 0 Å². The largest absolute Gasteiger partial charge is 0.466 e. The van der Waals surface area contributed by atoms with Crippen LogP contribution in [0.4, 0.5) is 5.82 Å². The van der Waals surface area contributed by atoms with Gasteiger partial charge in [-0.05, 0) is 56.9 Å². The van der Waals surface area contributed by atoms with Crippen molar-refractivity contribution in [2.75, 3.05) is 24.6 Å². The summed E-state index contributed by atoms with van der Waals surface area (Å²) in [5, 5.41) is 1.27. The topological polar surface area (TPSA) is 55.3 Å². The van der Waals surface area contributed by atoms with Crippen molar-refractivity contribution in [1.82, 2.24) is 9.97 Å². The fourth-order valence-electron chi connectivity index (χ4n) is 4.67. The Morgan fingerprint density at radius 1 is 1.21 bits per heavy atom. The second kappa shape index (κ2) is 8.99. The number of hydrogen-bond acceptors (Lipinski definition) is 6. The highest BCUT2D eigenvalue weighted by Crippen LogP contribution is 2.40. The van der Waals surface area contributed by atoms with E-state index in [0.29, 0.717) is 19.1 Å². The third-order valence-corrected chi connectivity index (χ3v) is 7.21. The summed E-state index contributed by atoms with van der Waals surface area (Å²) in [6, 6.07) is 0. The molecular formula is C23H33N3O2S. The Bertz CT molecular complexity index is 877. The van der Waals surface area contributed by atoms with E-state index in [-0.39, 0.29) is 11.9 Å². The minimum atomic E-state index is -0.0611. The van der Waals surface area contributed by atoms with E-state index in [1.165, 1.54) is 41.5 Å². The van der Waals surface area contributed by atoms with Crippen LogP contribution in [0.25, 0.3) is 10.2 Å². The van der Waals surface area contributed by atoms with Crippen molar-refractivity contribution >= 4 is 33.3 Å². The number of piperidine rings is 1. The Kier molecular flexibility index (Phi) is 6.38. The molecule has 0 saturated carbocycles. The molecule has 2 aliphatic rings. The molecule has 1 aliphatic carbocycles. The number of thiophene rings is 1. The molecule has 0 N–H and O–H groups in total. The molecular weight excluding hydrogens is 382 g/mol. The average Bonchev–Trinajstić information content (AvgIpc) is 2.88. The second-order valence-corrected chi connectivity index (χ2v) is 9.93. The lowest BCUT2D eigenvalue weighted by Crippen LogP contribution is -2.40. The number of rotatable bonds is 5. The van der Waals surface area contributed by atoms with Gasteiger partial charge in [0.05, 0.1) is 17.9 Å². The van der Waals surface area contributed by atoms with Gasteiger partial charge in [-0.25, -0.2) is 9.97 Å². The van der Waals surface area contributed by atoms with Gasteiger partial charge in [-0.3, -0.25) is 4.79 Å². The van der Waals surface area contributed by atoms with Crippen LogP contribution < -0.4 is 4.90 Å². The number of carbonyl (C=O) groups excluding carboxylic acids is 1. The molecule has 1 unspecified atom stereocenters. The van der Waals surface area contributed by atoms with Crippen LogP contribution >= 0.6 is 11.3 Å². The summed E-state index contributed by atoms with van der Waals surface area (Å²) in [5.74, 6) is 2.41. The Morgan fingerprint density at radius 3 is 2.83 bits per heavy atom. The fourth-order valence-corrected chi connectivity index (χ4v) is 5.94. The summed E-state index contributed by atoms with van der Waals surface area (Å²) in [7, 11) is 0. The Labute approximate surface area is 177 Å². The molecule has 3 heterocycles. The van der Waals surface area contributed by atoms with Gasteiger partial charge in [0, 0.05) is 24.4 Å². The van der Waals surface area contributed by atoms with Gasteiger partial charge in [0.15, 0.2) is 0 Å². The molecule has 1 saturated heterocycles. The van der Waals surface area contributed by atoms with E-state index in [1.807, 2.05) is 18.3 Å². The third-order valence-electron chi connectivity index (χ3n) is 6.02. The number of fused-ring (bicyclic) bond motifs is 3. The molecule has 0 aromatic carbocycles. The number of esters is 1. The zero-order chi connectivity index (χ0) is 20.4. The first-order valence-corrected chi connectivity index (χ1v) is 12.1. The fraction of sp³-hybridized carbons (Fsp3) is 0.696. The van der Waals surface area contributed by atoms with Crippen molar-refractivity contribution in [2.24, 2.45) is 11.8 Å². The predicted octanol–water partition coefficient (Wildman–Crippen LogP) is 4.94. The van der Waals surface area contributed by atoms with Gasteiger partial charge in [-0.2, -0.15) is 0 Å². The molecule has 158 valence electrons. The summed E-state index contributed by atoms with van der Waals surface area (Å²) < 4.78 is 5.33. The smallest absolute Gasteiger partial charge is 0.310 e. The number of carbonyl (C=O) groups is 1. The molecule has 0 radical (unpaired) electrons. The Morgan fingerprint density at radius 2 is 2.03 bits per heavy atom. The molecule has 1 fully saturated rings. The van der Waals surface area contributed by atoms with Crippen molar-refractivity contribution in [3.63, 3.8) is 0 Å². The van der Waals surface area contributed by atoms with E-state index in [0.717, 1.165) is 48.7 Å². The van der Waals surface area contributed by atoms with Crippen LogP contribution in [-0.4, -0.2) is 35.6 Å². The molecule has 1 atom stereocenters. The molecule has 6 heteroatoms. The highest BCUT2D eigenvalue weighted by atomic mass is 32.1. The van der Waals surface area contributed by atoms with Gasteiger partial charge >= 0.3 is 5.97 Å². The highest BCUT2D eigenvalue weighted by molar-refractivity contribution is 7.19. The molecule has 0 spiro atoms. The first-order chi connectivity index (χ1) is 14.1. The van der Waals surface area contributed by atoms with Gasteiger partial charge in [0.2, 0.25) is 0 Å². The second-order valence-electron chi connectivity index (χ2n) is 8.84. The zero-order valence-electron chi connectivity index (χ0n) is 18.0. The summed E-state index contributed by atoms with van der Waals surface area (Å²) in [6.07, 6.45) is 8.92. The quantitative estimate of drug-likeness (QED) is 0.511. The van der Waals surface area contributed by atoms with Gasteiger partial charge in [-0.1, -0.05) is 20.3 Å². The number of nitrogens with zero attached hydrogens (tertiary/aromatic N) is 3. The van der Waals surface area contributed by atoms with Crippen LogP contribution in [0.2, 0.25) is 0 Å². The van der Waals surface area contributed by atoms with Gasteiger partial charge in [-0.15, -0.1) is 11.3 Å². The van der Waals surface area contributed by atoms with E-state index in [9.17, 15) is 4.79 Å².